The Morgan fingerprint density at radius 2 is 1.89 bits per heavy atom. The summed E-state index contributed by atoms with van der Waals surface area (Å²) in [4.78, 5) is 63.9. The molecule has 238 valence electrons. The van der Waals surface area contributed by atoms with Gasteiger partial charge in [-0.05, 0) is 64.9 Å². The van der Waals surface area contributed by atoms with Crippen molar-refractivity contribution in [2.24, 2.45) is 0 Å². The zero-order valence-corrected chi connectivity index (χ0v) is 25.6. The van der Waals surface area contributed by atoms with E-state index in [0.29, 0.717) is 30.9 Å². The van der Waals surface area contributed by atoms with Gasteiger partial charge >= 0.3 is 17.9 Å². The molecular formula is C31H38N2O11. The SMILES string of the molecule is COc1ccc2c3c1O[C@H]1C(OC(=O)C[C@H](OC(C)=O)C(=O)O[C@@H](C)C(=O)N[C@@H](C)C(C)=O)=CC[C@@]4(O)[C@@H](C2)N(C)CC[C@]314. The topological polar surface area (TPSA) is 167 Å². The molecule has 1 spiro atoms. The number of methoxy groups -OCH3 is 1. The van der Waals surface area contributed by atoms with Crippen molar-refractivity contribution in [1.82, 2.24) is 10.2 Å². The number of carbonyl (C=O) groups is 5. The Kier molecular flexibility index (Phi) is 8.23. The summed E-state index contributed by atoms with van der Waals surface area (Å²) in [5.74, 6) is -2.73. The van der Waals surface area contributed by atoms with Gasteiger partial charge in [0.2, 0.25) is 6.10 Å². The molecule has 5 rings (SSSR count). The number of ether oxygens (including phenoxy) is 5. The van der Waals surface area contributed by atoms with Gasteiger partial charge in [-0.2, -0.15) is 0 Å². The van der Waals surface area contributed by atoms with Crippen LogP contribution in [0.15, 0.2) is 24.0 Å². The van der Waals surface area contributed by atoms with Gasteiger partial charge in [-0.15, -0.1) is 0 Å². The molecule has 0 radical (unpaired) electrons. The van der Waals surface area contributed by atoms with Crippen molar-refractivity contribution < 1.29 is 52.8 Å². The van der Waals surface area contributed by atoms with Crippen LogP contribution in [0.3, 0.4) is 0 Å². The molecule has 2 bridgehead atoms. The zero-order chi connectivity index (χ0) is 32.1. The van der Waals surface area contributed by atoms with Gasteiger partial charge in [-0.25, -0.2) is 4.79 Å². The molecule has 1 saturated heterocycles. The van der Waals surface area contributed by atoms with Crippen molar-refractivity contribution in [3.8, 4) is 11.5 Å². The molecule has 4 aliphatic rings. The summed E-state index contributed by atoms with van der Waals surface area (Å²) >= 11 is 0. The van der Waals surface area contributed by atoms with Crippen LogP contribution in [0.1, 0.15) is 58.1 Å². The van der Waals surface area contributed by atoms with Crippen LogP contribution < -0.4 is 14.8 Å². The number of ketones is 1. The molecule has 7 atom stereocenters. The van der Waals surface area contributed by atoms with Gasteiger partial charge in [0, 0.05) is 24.9 Å². The summed E-state index contributed by atoms with van der Waals surface area (Å²) in [5.41, 5.74) is -0.208. The molecule has 0 aromatic heterocycles. The summed E-state index contributed by atoms with van der Waals surface area (Å²) in [6.07, 6.45) is -1.60. The molecule has 1 amide bonds. The average Bonchev–Trinajstić information content (AvgIpc) is 3.31. The first kappa shape index (κ1) is 31.5. The average molecular weight is 615 g/mol. The third-order valence-corrected chi connectivity index (χ3v) is 9.34. The summed E-state index contributed by atoms with van der Waals surface area (Å²) in [5, 5.41) is 14.7. The van der Waals surface area contributed by atoms with Gasteiger partial charge < -0.3 is 39.0 Å². The van der Waals surface area contributed by atoms with Crippen molar-refractivity contribution in [3.05, 3.63) is 35.1 Å². The Balaban J connectivity index is 1.36. The number of hydrogen-bond acceptors (Lipinski definition) is 12. The molecule has 2 aliphatic heterocycles. The first-order valence-electron chi connectivity index (χ1n) is 14.6. The number of aliphatic hydroxyl groups is 1. The van der Waals surface area contributed by atoms with Gasteiger partial charge in [0.15, 0.2) is 29.5 Å². The minimum atomic E-state index is -1.70. The monoisotopic (exact) mass is 614 g/mol. The van der Waals surface area contributed by atoms with E-state index < -0.39 is 65.6 Å². The minimum Gasteiger partial charge on any atom is -0.493 e. The lowest BCUT2D eigenvalue weighted by atomic mass is 9.50. The highest BCUT2D eigenvalue weighted by molar-refractivity contribution is 5.91. The minimum absolute atomic E-state index is 0.176. The molecule has 1 aromatic carbocycles. The number of esters is 3. The number of likely N-dealkylation sites (tertiary alicyclic amines) is 1. The highest BCUT2D eigenvalue weighted by Crippen LogP contribution is 2.65. The van der Waals surface area contributed by atoms with Crippen LogP contribution in [0.25, 0.3) is 0 Å². The molecule has 1 fully saturated rings. The van der Waals surface area contributed by atoms with Crippen molar-refractivity contribution in [3.63, 3.8) is 0 Å². The Bertz CT molecular complexity index is 1440. The van der Waals surface area contributed by atoms with Gasteiger partial charge in [0.1, 0.15) is 5.76 Å². The van der Waals surface area contributed by atoms with Crippen molar-refractivity contribution in [2.45, 2.75) is 94.8 Å². The molecule has 44 heavy (non-hydrogen) atoms. The number of carbonyl (C=O) groups excluding carboxylic acids is 5. The Morgan fingerprint density at radius 1 is 1.16 bits per heavy atom. The number of Topliss-reactive ketones (excluding diaryl/α,β-unsaturated/α-hetero) is 1. The Hall–Kier alpha value is -3.97. The fourth-order valence-corrected chi connectivity index (χ4v) is 7.02. The molecule has 0 unspecified atom stereocenters. The molecule has 1 aromatic rings. The number of nitrogens with one attached hydrogen (secondary N) is 1. The number of hydrogen-bond donors (Lipinski definition) is 2. The zero-order valence-electron chi connectivity index (χ0n) is 25.6. The lowest BCUT2D eigenvalue weighted by Gasteiger charge is -2.61. The lowest BCUT2D eigenvalue weighted by molar-refractivity contribution is -0.177. The van der Waals surface area contributed by atoms with E-state index in [-0.39, 0.29) is 24.0 Å². The maximum atomic E-state index is 13.3. The molecule has 2 N–H and O–H groups in total. The van der Waals surface area contributed by atoms with E-state index in [1.54, 1.807) is 6.08 Å². The summed E-state index contributed by atoms with van der Waals surface area (Å²) in [7, 11) is 3.52. The van der Waals surface area contributed by atoms with Gasteiger partial charge in [0.05, 0.1) is 30.6 Å². The fraction of sp³-hybridized carbons (Fsp3) is 0.581. The smallest absolute Gasteiger partial charge is 0.348 e. The molecule has 13 heteroatoms. The fourth-order valence-electron chi connectivity index (χ4n) is 7.02. The Labute approximate surface area is 254 Å². The lowest BCUT2D eigenvalue weighted by Crippen LogP contribution is -2.74. The van der Waals surface area contributed by atoms with E-state index in [1.807, 2.05) is 19.2 Å². The predicted octanol–water partition coefficient (Wildman–Crippen LogP) is 0.863. The molecule has 2 heterocycles. The normalized spacial score (nSPS) is 28.2. The van der Waals surface area contributed by atoms with E-state index in [1.165, 1.54) is 27.9 Å². The summed E-state index contributed by atoms with van der Waals surface area (Å²) in [6.45, 7) is 5.81. The maximum Gasteiger partial charge on any atom is 0.348 e. The predicted molar refractivity (Wildman–Crippen MR) is 152 cm³/mol. The third kappa shape index (κ3) is 5.01. The number of likely N-dealkylation sites (N-methyl/N-ethyl adjacent to an activating group) is 1. The quantitative estimate of drug-likeness (QED) is 0.282. The van der Waals surface area contributed by atoms with Crippen LogP contribution in [0, 0.1) is 0 Å². The van der Waals surface area contributed by atoms with Crippen LogP contribution in [0.2, 0.25) is 0 Å². The standard InChI is InChI=1S/C31H38N2O11/c1-15(16(2)34)32-28(37)17(3)41-29(38)22(42-18(4)35)14-24(36)43-21-9-10-31(39)23-13-19-7-8-20(40-6)26-25(19)30(31,27(21)44-26)11-12-33(23)5/h7-9,15,17,22-23,27,39H,10-14H2,1-6H3,(H,32,37)/t15-,17-,22-,23+,27-,30-,31+/m0/s1. The number of nitrogens with zero attached hydrogens (tertiary/aromatic N) is 1. The van der Waals surface area contributed by atoms with E-state index in [9.17, 15) is 29.1 Å². The third-order valence-electron chi connectivity index (χ3n) is 9.34. The second-order valence-corrected chi connectivity index (χ2v) is 12.0. The van der Waals surface area contributed by atoms with Crippen LogP contribution in [0.5, 0.6) is 11.5 Å². The molecule has 0 saturated carbocycles. The van der Waals surface area contributed by atoms with E-state index >= 15 is 0 Å². The van der Waals surface area contributed by atoms with Crippen molar-refractivity contribution in [2.75, 3.05) is 20.7 Å². The maximum absolute atomic E-state index is 13.3. The second kappa shape index (κ2) is 11.5. The highest BCUT2D eigenvalue weighted by atomic mass is 16.6. The van der Waals surface area contributed by atoms with E-state index in [4.69, 9.17) is 23.7 Å². The van der Waals surface area contributed by atoms with E-state index in [2.05, 4.69) is 10.2 Å². The van der Waals surface area contributed by atoms with Crippen LogP contribution in [0.4, 0.5) is 0 Å². The highest BCUT2D eigenvalue weighted by Gasteiger charge is 2.72. The molecule has 13 nitrogen and oxygen atoms in total. The summed E-state index contributed by atoms with van der Waals surface area (Å²) < 4.78 is 28.1. The first-order chi connectivity index (χ1) is 20.7. The number of piperidine rings is 1. The van der Waals surface area contributed by atoms with Crippen LogP contribution in [-0.2, 0) is 50.0 Å². The Morgan fingerprint density at radius 3 is 2.55 bits per heavy atom. The number of benzene rings is 1. The molecular weight excluding hydrogens is 576 g/mol. The van der Waals surface area contributed by atoms with E-state index in [0.717, 1.165) is 18.1 Å². The van der Waals surface area contributed by atoms with Crippen LogP contribution in [-0.4, -0.2) is 96.3 Å². The first-order valence-corrected chi connectivity index (χ1v) is 14.6. The largest absolute Gasteiger partial charge is 0.493 e. The van der Waals surface area contributed by atoms with Crippen LogP contribution >= 0.6 is 0 Å². The van der Waals surface area contributed by atoms with Crippen molar-refractivity contribution in [1.29, 1.82) is 0 Å². The summed E-state index contributed by atoms with van der Waals surface area (Å²) in [6, 6.07) is 2.82. The van der Waals surface area contributed by atoms with Crippen molar-refractivity contribution >= 4 is 29.6 Å². The molecule has 2 aliphatic carbocycles. The number of rotatable bonds is 10. The number of amides is 1. The van der Waals surface area contributed by atoms with Gasteiger partial charge in [-0.3, -0.25) is 19.2 Å². The van der Waals surface area contributed by atoms with Gasteiger partial charge in [-0.1, -0.05) is 6.07 Å². The second-order valence-electron chi connectivity index (χ2n) is 12.0. The van der Waals surface area contributed by atoms with Gasteiger partial charge in [0.25, 0.3) is 5.91 Å².